The van der Waals surface area contributed by atoms with Crippen LogP contribution in [0.2, 0.25) is 0 Å². The fourth-order valence-corrected chi connectivity index (χ4v) is 5.07. The SMILES string of the molecule is CCN1CN(C)Cc2ccc3c(c21)CN1CN3Cc2cc(OCC3CO3)ccc21. The molecule has 2 aromatic carbocycles. The Morgan fingerprint density at radius 3 is 2.66 bits per heavy atom. The molecule has 0 radical (unpaired) electrons. The van der Waals surface area contributed by atoms with Crippen molar-refractivity contribution in [1.29, 1.82) is 0 Å². The molecule has 0 aliphatic carbocycles. The van der Waals surface area contributed by atoms with Crippen LogP contribution in [0, 0.1) is 0 Å². The summed E-state index contributed by atoms with van der Waals surface area (Å²) >= 11 is 0. The van der Waals surface area contributed by atoms with Gasteiger partial charge in [0.05, 0.1) is 19.9 Å². The largest absolute Gasteiger partial charge is 0.491 e. The topological polar surface area (TPSA) is 34.7 Å². The Hall–Kier alpha value is -2.44. The first-order valence-corrected chi connectivity index (χ1v) is 10.6. The van der Waals surface area contributed by atoms with Crippen molar-refractivity contribution < 1.29 is 9.47 Å². The molecule has 0 N–H and O–H groups in total. The lowest BCUT2D eigenvalue weighted by Gasteiger charge is -2.47. The standard InChI is InChI=1S/C23H28N4O2/c1-3-25-14-24(2)9-16-4-6-22-20(23(16)25)11-27-15-26(22)10-17-8-18(5-7-21(17)27)28-12-19-13-29-19/h4-8,19H,3,9-15H2,1-2H3. The zero-order valence-electron chi connectivity index (χ0n) is 17.2. The Morgan fingerprint density at radius 1 is 1.00 bits per heavy atom. The van der Waals surface area contributed by atoms with E-state index in [1.165, 1.54) is 33.8 Å². The molecule has 1 atom stereocenters. The Labute approximate surface area is 172 Å². The van der Waals surface area contributed by atoms with Gasteiger partial charge in [0.15, 0.2) is 0 Å². The van der Waals surface area contributed by atoms with Crippen LogP contribution in [0.5, 0.6) is 5.75 Å². The molecular formula is C23H28N4O2. The predicted molar refractivity (Wildman–Crippen MR) is 115 cm³/mol. The average molecular weight is 393 g/mol. The second-order valence-corrected chi connectivity index (χ2v) is 8.68. The highest BCUT2D eigenvalue weighted by molar-refractivity contribution is 5.77. The zero-order valence-corrected chi connectivity index (χ0v) is 17.2. The van der Waals surface area contributed by atoms with Crippen molar-refractivity contribution >= 4 is 17.1 Å². The van der Waals surface area contributed by atoms with E-state index < -0.39 is 0 Å². The van der Waals surface area contributed by atoms with Gasteiger partial charge in [0.2, 0.25) is 0 Å². The summed E-state index contributed by atoms with van der Waals surface area (Å²) in [6.07, 6.45) is 0.288. The first-order chi connectivity index (χ1) is 14.2. The Morgan fingerprint density at radius 2 is 1.83 bits per heavy atom. The van der Waals surface area contributed by atoms with Gasteiger partial charge < -0.3 is 24.2 Å². The number of rotatable bonds is 4. The van der Waals surface area contributed by atoms with Crippen molar-refractivity contribution in [3.63, 3.8) is 0 Å². The Bertz CT molecular complexity index is 958. The van der Waals surface area contributed by atoms with Crippen LogP contribution >= 0.6 is 0 Å². The third kappa shape index (κ3) is 2.93. The van der Waals surface area contributed by atoms with Crippen LogP contribution in [0.4, 0.5) is 17.1 Å². The monoisotopic (exact) mass is 392 g/mol. The summed E-state index contributed by atoms with van der Waals surface area (Å²) in [6.45, 7) is 9.68. The van der Waals surface area contributed by atoms with Crippen molar-refractivity contribution in [3.05, 3.63) is 47.0 Å². The predicted octanol–water partition coefficient (Wildman–Crippen LogP) is 2.99. The lowest BCUT2D eigenvalue weighted by molar-refractivity contribution is 0.263. The van der Waals surface area contributed by atoms with Crippen LogP contribution in [-0.2, 0) is 24.4 Å². The molecule has 1 fully saturated rings. The molecule has 0 saturated carbocycles. The molecule has 29 heavy (non-hydrogen) atoms. The molecule has 6 nitrogen and oxygen atoms in total. The highest BCUT2D eigenvalue weighted by atomic mass is 16.6. The van der Waals surface area contributed by atoms with Crippen LogP contribution < -0.4 is 19.4 Å². The third-order valence-corrected chi connectivity index (χ3v) is 6.51. The van der Waals surface area contributed by atoms with Gasteiger partial charge in [0, 0.05) is 48.8 Å². The van der Waals surface area contributed by atoms with Gasteiger partial charge >= 0.3 is 0 Å². The minimum atomic E-state index is 0.288. The molecule has 1 unspecified atom stereocenters. The molecule has 4 aliphatic heterocycles. The average Bonchev–Trinajstić information content (AvgIpc) is 3.55. The van der Waals surface area contributed by atoms with Gasteiger partial charge in [-0.25, -0.2) is 0 Å². The number of benzene rings is 2. The molecule has 0 amide bonds. The molecule has 152 valence electrons. The van der Waals surface area contributed by atoms with Crippen molar-refractivity contribution in [2.45, 2.75) is 32.7 Å². The van der Waals surface area contributed by atoms with Gasteiger partial charge in [-0.2, -0.15) is 0 Å². The van der Waals surface area contributed by atoms with Crippen molar-refractivity contribution in [2.24, 2.45) is 0 Å². The van der Waals surface area contributed by atoms with Gasteiger partial charge in [-0.3, -0.25) is 4.90 Å². The van der Waals surface area contributed by atoms with Crippen molar-refractivity contribution in [3.8, 4) is 5.75 Å². The molecule has 2 bridgehead atoms. The molecule has 2 aromatic rings. The maximum absolute atomic E-state index is 5.93. The fourth-order valence-electron chi connectivity index (χ4n) is 5.07. The van der Waals surface area contributed by atoms with Gasteiger partial charge in [-0.05, 0) is 49.4 Å². The quantitative estimate of drug-likeness (QED) is 0.745. The van der Waals surface area contributed by atoms with Crippen LogP contribution in [0.25, 0.3) is 0 Å². The number of ether oxygens (including phenoxy) is 2. The Balaban J connectivity index is 1.35. The van der Waals surface area contributed by atoms with Gasteiger partial charge in [0.25, 0.3) is 0 Å². The highest BCUT2D eigenvalue weighted by Crippen LogP contribution is 2.44. The van der Waals surface area contributed by atoms with E-state index in [1.807, 2.05) is 0 Å². The second-order valence-electron chi connectivity index (χ2n) is 8.68. The first-order valence-electron chi connectivity index (χ1n) is 10.6. The van der Waals surface area contributed by atoms with Crippen LogP contribution in [0.1, 0.15) is 23.6 Å². The van der Waals surface area contributed by atoms with Crippen LogP contribution in [-0.4, -0.2) is 51.1 Å². The summed E-state index contributed by atoms with van der Waals surface area (Å²) in [5, 5.41) is 0. The fraction of sp³-hybridized carbons (Fsp3) is 0.478. The van der Waals surface area contributed by atoms with E-state index in [1.54, 1.807) is 0 Å². The maximum Gasteiger partial charge on any atom is 0.119 e. The first kappa shape index (κ1) is 17.4. The molecule has 6 rings (SSSR count). The Kier molecular flexibility index (Phi) is 3.93. The van der Waals surface area contributed by atoms with E-state index in [-0.39, 0.29) is 6.10 Å². The maximum atomic E-state index is 5.93. The molecule has 4 aliphatic rings. The lowest BCUT2D eigenvalue weighted by Crippen LogP contribution is -2.48. The van der Waals surface area contributed by atoms with Crippen molar-refractivity contribution in [2.75, 3.05) is 54.8 Å². The lowest BCUT2D eigenvalue weighted by atomic mass is 9.96. The van der Waals surface area contributed by atoms with E-state index >= 15 is 0 Å². The van der Waals surface area contributed by atoms with Gasteiger partial charge in [-0.15, -0.1) is 0 Å². The zero-order chi connectivity index (χ0) is 19.5. The molecule has 0 aromatic heterocycles. The minimum absolute atomic E-state index is 0.288. The number of fused-ring (bicyclic) bond motifs is 8. The van der Waals surface area contributed by atoms with Crippen LogP contribution in [0.15, 0.2) is 30.3 Å². The highest BCUT2D eigenvalue weighted by Gasteiger charge is 2.34. The normalized spacial score (nSPS) is 22.1. The summed E-state index contributed by atoms with van der Waals surface area (Å²) in [7, 11) is 2.21. The van der Waals surface area contributed by atoms with Crippen molar-refractivity contribution in [1.82, 2.24) is 4.90 Å². The van der Waals surface area contributed by atoms with Crippen LogP contribution in [0.3, 0.4) is 0 Å². The van der Waals surface area contributed by atoms with E-state index in [0.717, 1.165) is 51.9 Å². The second kappa shape index (κ2) is 6.54. The minimum Gasteiger partial charge on any atom is -0.491 e. The summed E-state index contributed by atoms with van der Waals surface area (Å²) in [5.74, 6) is 0.951. The van der Waals surface area contributed by atoms with E-state index in [2.05, 4.69) is 63.9 Å². The number of hydrogen-bond acceptors (Lipinski definition) is 6. The molecule has 0 spiro atoms. The van der Waals surface area contributed by atoms with Gasteiger partial charge in [-0.1, -0.05) is 6.07 Å². The smallest absolute Gasteiger partial charge is 0.119 e. The summed E-state index contributed by atoms with van der Waals surface area (Å²) < 4.78 is 11.2. The van der Waals surface area contributed by atoms with E-state index in [0.29, 0.717) is 6.61 Å². The van der Waals surface area contributed by atoms with E-state index in [4.69, 9.17) is 9.47 Å². The molecule has 4 heterocycles. The number of anilines is 3. The third-order valence-electron chi connectivity index (χ3n) is 6.51. The summed E-state index contributed by atoms with van der Waals surface area (Å²) in [4.78, 5) is 9.95. The number of epoxide rings is 1. The molecule has 6 heteroatoms. The van der Waals surface area contributed by atoms with E-state index in [9.17, 15) is 0 Å². The molecular weight excluding hydrogens is 364 g/mol. The summed E-state index contributed by atoms with van der Waals surface area (Å²) in [6, 6.07) is 11.2. The number of hydrogen-bond donors (Lipinski definition) is 0. The molecule has 1 saturated heterocycles. The summed E-state index contributed by atoms with van der Waals surface area (Å²) in [5.41, 5.74) is 8.49. The number of nitrogens with zero attached hydrogens (tertiary/aromatic N) is 4. The van der Waals surface area contributed by atoms with Gasteiger partial charge in [0.1, 0.15) is 18.5 Å².